The fourth-order valence-electron chi connectivity index (χ4n) is 3.84. The summed E-state index contributed by atoms with van der Waals surface area (Å²) in [5.41, 5.74) is -0.0586. The number of Topliss-reactive ketones (excluding diaryl/α,β-unsaturated/α-hetero) is 1. The van der Waals surface area contributed by atoms with Crippen molar-refractivity contribution in [1.29, 1.82) is 0 Å². The summed E-state index contributed by atoms with van der Waals surface area (Å²) in [6.07, 6.45) is 3.13. The summed E-state index contributed by atoms with van der Waals surface area (Å²) in [7, 11) is -1.73. The molecule has 0 amide bonds. The Bertz CT molecular complexity index is 388. The van der Waals surface area contributed by atoms with Gasteiger partial charge in [0.1, 0.15) is 11.9 Å². The van der Waals surface area contributed by atoms with Crippen LogP contribution in [0.2, 0.25) is 25.2 Å². The number of carbonyl (C=O) groups is 2. The lowest BCUT2D eigenvalue weighted by Crippen LogP contribution is -2.43. The molecule has 0 aromatic carbocycles. The quantitative estimate of drug-likeness (QED) is 0.526. The molecule has 0 heterocycles. The van der Waals surface area contributed by atoms with E-state index in [1.165, 1.54) is 0 Å². The molecule has 1 aliphatic carbocycles. The van der Waals surface area contributed by atoms with Crippen molar-refractivity contribution in [2.24, 2.45) is 17.8 Å². The van der Waals surface area contributed by atoms with Gasteiger partial charge in [0.25, 0.3) is 0 Å². The van der Waals surface area contributed by atoms with Crippen molar-refractivity contribution in [2.75, 3.05) is 0 Å². The van der Waals surface area contributed by atoms with E-state index in [0.29, 0.717) is 30.5 Å². The van der Waals surface area contributed by atoms with Crippen molar-refractivity contribution >= 4 is 19.8 Å². The molecule has 22 heavy (non-hydrogen) atoms. The van der Waals surface area contributed by atoms with Gasteiger partial charge in [0.2, 0.25) is 0 Å². The minimum Gasteiger partial charge on any atom is -0.462 e. The van der Waals surface area contributed by atoms with Crippen LogP contribution >= 0.6 is 0 Å². The van der Waals surface area contributed by atoms with E-state index in [1.807, 2.05) is 0 Å². The average Bonchev–Trinajstić information content (AvgIpc) is 2.33. The molecule has 0 saturated heterocycles. The lowest BCUT2D eigenvalue weighted by molar-refractivity contribution is -0.155. The largest absolute Gasteiger partial charge is 0.462 e. The Morgan fingerprint density at radius 1 is 1.14 bits per heavy atom. The number of rotatable bonds is 6. The smallest absolute Gasteiger partial charge is 0.306 e. The minimum absolute atomic E-state index is 0.0364. The first kappa shape index (κ1) is 19.4. The zero-order valence-corrected chi connectivity index (χ0v) is 16.4. The standard InChI is InChI=1S/C18H34O3Si/c1-12(2)16(13(3)4)21-18(20)17(22(5,6)7)14-9-8-10-15(19)11-14/h12-14,16-17H,8-11H2,1-7H3. The second kappa shape index (κ2) is 7.76. The monoisotopic (exact) mass is 326 g/mol. The maximum atomic E-state index is 12.9. The summed E-state index contributed by atoms with van der Waals surface area (Å²) in [6.45, 7) is 15.1. The van der Waals surface area contributed by atoms with Crippen molar-refractivity contribution in [3.05, 3.63) is 0 Å². The predicted octanol–water partition coefficient (Wildman–Crippen LogP) is 4.68. The lowest BCUT2D eigenvalue weighted by Gasteiger charge is -2.37. The first-order valence-corrected chi connectivity index (χ1v) is 12.3. The van der Waals surface area contributed by atoms with Crippen molar-refractivity contribution < 1.29 is 14.3 Å². The Morgan fingerprint density at radius 2 is 1.68 bits per heavy atom. The highest BCUT2D eigenvalue weighted by atomic mass is 28.3. The van der Waals surface area contributed by atoms with Crippen LogP contribution in [0.5, 0.6) is 0 Å². The highest BCUT2D eigenvalue weighted by Gasteiger charge is 2.43. The zero-order valence-electron chi connectivity index (χ0n) is 15.4. The normalized spacial score (nSPS) is 21.5. The van der Waals surface area contributed by atoms with E-state index in [-0.39, 0.29) is 23.5 Å². The molecular formula is C18H34O3Si. The van der Waals surface area contributed by atoms with E-state index >= 15 is 0 Å². The Hall–Kier alpha value is -0.643. The Balaban J connectivity index is 2.92. The number of ether oxygens (including phenoxy) is 1. The Morgan fingerprint density at radius 3 is 2.09 bits per heavy atom. The van der Waals surface area contributed by atoms with Gasteiger partial charge in [-0.15, -0.1) is 0 Å². The molecule has 1 saturated carbocycles. The minimum atomic E-state index is -1.73. The van der Waals surface area contributed by atoms with Crippen LogP contribution in [0.3, 0.4) is 0 Å². The zero-order chi connectivity index (χ0) is 17.1. The molecule has 0 radical (unpaired) electrons. The van der Waals surface area contributed by atoms with Crippen molar-refractivity contribution in [3.63, 3.8) is 0 Å². The van der Waals surface area contributed by atoms with Gasteiger partial charge < -0.3 is 4.74 Å². The van der Waals surface area contributed by atoms with E-state index < -0.39 is 8.07 Å². The lowest BCUT2D eigenvalue weighted by atomic mass is 9.85. The van der Waals surface area contributed by atoms with Crippen LogP contribution in [0.4, 0.5) is 0 Å². The Kier molecular flexibility index (Phi) is 6.84. The summed E-state index contributed by atoms with van der Waals surface area (Å²) in [6, 6.07) is 0. The van der Waals surface area contributed by atoms with E-state index in [0.717, 1.165) is 12.8 Å². The summed E-state index contributed by atoms with van der Waals surface area (Å²) < 4.78 is 5.93. The van der Waals surface area contributed by atoms with Crippen LogP contribution < -0.4 is 0 Å². The van der Waals surface area contributed by atoms with Crippen molar-refractivity contribution in [2.45, 2.75) is 84.7 Å². The highest BCUT2D eigenvalue weighted by Crippen LogP contribution is 2.40. The maximum Gasteiger partial charge on any atom is 0.306 e. The van der Waals surface area contributed by atoms with Crippen molar-refractivity contribution in [1.82, 2.24) is 0 Å². The molecule has 0 bridgehead atoms. The fourth-order valence-corrected chi connectivity index (χ4v) is 6.32. The summed E-state index contributed by atoms with van der Waals surface area (Å²) >= 11 is 0. The maximum absolute atomic E-state index is 12.9. The molecule has 0 aliphatic heterocycles. The number of hydrogen-bond acceptors (Lipinski definition) is 3. The topological polar surface area (TPSA) is 43.4 Å². The SMILES string of the molecule is CC(C)C(OC(=O)C(C1CCCC(=O)C1)[Si](C)(C)C)C(C)C. The molecule has 2 atom stereocenters. The molecule has 0 N–H and O–H groups in total. The van der Waals surface area contributed by atoms with Gasteiger partial charge in [-0.1, -0.05) is 47.3 Å². The molecular weight excluding hydrogens is 292 g/mol. The first-order valence-electron chi connectivity index (χ1n) is 8.76. The summed E-state index contributed by atoms with van der Waals surface area (Å²) in [4.78, 5) is 24.7. The van der Waals surface area contributed by atoms with Gasteiger partial charge in [0.15, 0.2) is 0 Å². The van der Waals surface area contributed by atoms with Crippen molar-refractivity contribution in [3.8, 4) is 0 Å². The van der Waals surface area contributed by atoms with Gasteiger partial charge >= 0.3 is 5.97 Å². The third-order valence-corrected chi connectivity index (χ3v) is 7.32. The van der Waals surface area contributed by atoms with E-state index in [4.69, 9.17) is 4.74 Å². The second-order valence-corrected chi connectivity index (χ2v) is 14.0. The predicted molar refractivity (Wildman–Crippen MR) is 93.6 cm³/mol. The third-order valence-electron chi connectivity index (χ3n) is 4.75. The number of esters is 1. The number of carbonyl (C=O) groups excluding carboxylic acids is 2. The molecule has 128 valence electrons. The number of ketones is 1. The molecule has 2 unspecified atom stereocenters. The fraction of sp³-hybridized carbons (Fsp3) is 0.889. The van der Waals surface area contributed by atoms with Crippen LogP contribution in [0.1, 0.15) is 53.4 Å². The van der Waals surface area contributed by atoms with Crippen LogP contribution in [0.25, 0.3) is 0 Å². The van der Waals surface area contributed by atoms with Gasteiger partial charge in [0, 0.05) is 12.8 Å². The average molecular weight is 327 g/mol. The second-order valence-electron chi connectivity index (χ2n) is 8.63. The summed E-state index contributed by atoms with van der Waals surface area (Å²) in [5.74, 6) is 1.10. The third kappa shape index (κ3) is 5.22. The van der Waals surface area contributed by atoms with Gasteiger partial charge in [-0.25, -0.2) is 0 Å². The highest BCUT2D eigenvalue weighted by molar-refractivity contribution is 6.80. The molecule has 0 aromatic heterocycles. The van der Waals surface area contributed by atoms with Crippen LogP contribution in [-0.4, -0.2) is 25.9 Å². The molecule has 4 heteroatoms. The number of hydrogen-bond donors (Lipinski definition) is 0. The van der Waals surface area contributed by atoms with Crippen LogP contribution in [-0.2, 0) is 14.3 Å². The van der Waals surface area contributed by atoms with Crippen LogP contribution in [0.15, 0.2) is 0 Å². The molecule has 1 aliphatic rings. The molecule has 3 nitrogen and oxygen atoms in total. The van der Waals surface area contributed by atoms with E-state index in [2.05, 4.69) is 47.3 Å². The Labute approximate surface area is 137 Å². The first-order chi connectivity index (χ1) is 10.0. The van der Waals surface area contributed by atoms with E-state index in [9.17, 15) is 9.59 Å². The molecule has 1 rings (SSSR count). The summed E-state index contributed by atoms with van der Waals surface area (Å²) in [5, 5.41) is 0. The van der Waals surface area contributed by atoms with Gasteiger partial charge in [-0.2, -0.15) is 0 Å². The molecule has 0 spiro atoms. The van der Waals surface area contributed by atoms with Crippen LogP contribution in [0, 0.1) is 17.8 Å². The molecule has 0 aromatic rings. The van der Waals surface area contributed by atoms with Gasteiger partial charge in [0.05, 0.1) is 13.6 Å². The molecule has 1 fully saturated rings. The van der Waals surface area contributed by atoms with E-state index in [1.54, 1.807) is 0 Å². The van der Waals surface area contributed by atoms with Gasteiger partial charge in [-0.3, -0.25) is 9.59 Å². The van der Waals surface area contributed by atoms with Gasteiger partial charge in [-0.05, 0) is 30.6 Å².